The standard InChI is InChI=1S/C14H22N2O/c1-10-8-15(12-4-5-12)9-13(10)16-7-6-14(17-16)11-2-3-11/h6,10-13H,2-5,7-9H2,1H3. The molecule has 0 bridgehead atoms. The van der Waals surface area contributed by atoms with E-state index in [0.717, 1.165) is 24.4 Å². The quantitative estimate of drug-likeness (QED) is 0.743. The predicted molar refractivity (Wildman–Crippen MR) is 66.1 cm³/mol. The van der Waals surface area contributed by atoms with Crippen LogP contribution in [0.15, 0.2) is 11.8 Å². The van der Waals surface area contributed by atoms with Crippen LogP contribution in [-0.2, 0) is 4.84 Å². The summed E-state index contributed by atoms with van der Waals surface area (Å²) in [4.78, 5) is 8.73. The van der Waals surface area contributed by atoms with Gasteiger partial charge in [-0.25, -0.2) is 0 Å². The molecule has 0 N–H and O–H groups in total. The lowest BCUT2D eigenvalue weighted by Crippen LogP contribution is -2.38. The lowest BCUT2D eigenvalue weighted by molar-refractivity contribution is -0.133. The summed E-state index contributed by atoms with van der Waals surface area (Å²) in [5.41, 5.74) is 0. The van der Waals surface area contributed by atoms with Crippen molar-refractivity contribution in [1.29, 1.82) is 0 Å². The Labute approximate surface area is 103 Å². The van der Waals surface area contributed by atoms with Gasteiger partial charge in [0.15, 0.2) is 0 Å². The first-order chi connectivity index (χ1) is 8.31. The summed E-state index contributed by atoms with van der Waals surface area (Å²) in [5.74, 6) is 2.78. The van der Waals surface area contributed by atoms with E-state index in [1.807, 2.05) is 0 Å². The number of likely N-dealkylation sites (tertiary alicyclic amines) is 1. The monoisotopic (exact) mass is 234 g/mol. The molecule has 3 nitrogen and oxygen atoms in total. The summed E-state index contributed by atoms with van der Waals surface area (Å²) in [6.45, 7) is 5.89. The van der Waals surface area contributed by atoms with E-state index in [2.05, 4.69) is 23.0 Å². The van der Waals surface area contributed by atoms with Gasteiger partial charge in [-0.3, -0.25) is 4.90 Å². The van der Waals surface area contributed by atoms with Gasteiger partial charge in [0.25, 0.3) is 0 Å². The molecular formula is C14H22N2O. The molecule has 0 aromatic rings. The first-order valence-corrected chi connectivity index (χ1v) is 7.20. The lowest BCUT2D eigenvalue weighted by atomic mass is 10.1. The molecule has 1 saturated heterocycles. The van der Waals surface area contributed by atoms with E-state index >= 15 is 0 Å². The fourth-order valence-electron chi connectivity index (χ4n) is 3.30. The number of nitrogens with zero attached hydrogens (tertiary/aromatic N) is 2. The molecule has 4 rings (SSSR count). The molecular weight excluding hydrogens is 212 g/mol. The number of hydrogen-bond acceptors (Lipinski definition) is 3. The second-order valence-corrected chi connectivity index (χ2v) is 6.30. The molecule has 0 radical (unpaired) electrons. The summed E-state index contributed by atoms with van der Waals surface area (Å²) in [5, 5.41) is 2.25. The number of rotatable bonds is 3. The second-order valence-electron chi connectivity index (χ2n) is 6.30. The van der Waals surface area contributed by atoms with Gasteiger partial charge < -0.3 is 4.84 Å². The molecule has 17 heavy (non-hydrogen) atoms. The lowest BCUT2D eigenvalue weighted by Gasteiger charge is -2.26. The first-order valence-electron chi connectivity index (χ1n) is 7.20. The van der Waals surface area contributed by atoms with Gasteiger partial charge in [0, 0.05) is 25.0 Å². The Kier molecular flexibility index (Phi) is 2.28. The maximum absolute atomic E-state index is 6.06. The van der Waals surface area contributed by atoms with Crippen LogP contribution in [0.2, 0.25) is 0 Å². The highest BCUT2D eigenvalue weighted by Gasteiger charge is 2.43. The number of hydrogen-bond donors (Lipinski definition) is 0. The van der Waals surface area contributed by atoms with Crippen molar-refractivity contribution in [2.45, 2.75) is 44.7 Å². The third kappa shape index (κ3) is 1.89. The SMILES string of the molecule is CC1CN(C2CC2)CC1N1CC=C(C2CC2)O1. The fraction of sp³-hybridized carbons (Fsp3) is 0.857. The summed E-state index contributed by atoms with van der Waals surface area (Å²) in [6.07, 6.45) is 7.84. The third-order valence-corrected chi connectivity index (χ3v) is 4.71. The Morgan fingerprint density at radius 1 is 1.18 bits per heavy atom. The van der Waals surface area contributed by atoms with Gasteiger partial charge in [-0.05, 0) is 37.7 Å². The maximum Gasteiger partial charge on any atom is 0.125 e. The van der Waals surface area contributed by atoms with Crippen LogP contribution in [0.25, 0.3) is 0 Å². The molecule has 2 saturated carbocycles. The van der Waals surface area contributed by atoms with E-state index in [1.165, 1.54) is 44.5 Å². The van der Waals surface area contributed by atoms with Crippen molar-refractivity contribution in [3.05, 3.63) is 11.8 Å². The molecule has 0 amide bonds. The molecule has 3 fully saturated rings. The molecule has 3 heteroatoms. The Hall–Kier alpha value is -0.540. The highest BCUT2D eigenvalue weighted by molar-refractivity contribution is 5.10. The molecule has 2 aliphatic carbocycles. The number of hydroxylamine groups is 2. The van der Waals surface area contributed by atoms with Gasteiger partial charge in [-0.15, -0.1) is 5.06 Å². The predicted octanol–water partition coefficient (Wildman–Crippen LogP) is 2.01. The topological polar surface area (TPSA) is 15.7 Å². The zero-order chi connectivity index (χ0) is 11.4. The summed E-state index contributed by atoms with van der Waals surface area (Å²) in [6, 6.07) is 1.52. The molecule has 2 atom stereocenters. The van der Waals surface area contributed by atoms with Gasteiger partial charge in [-0.2, -0.15) is 0 Å². The van der Waals surface area contributed by atoms with E-state index in [0.29, 0.717) is 6.04 Å². The van der Waals surface area contributed by atoms with Crippen LogP contribution in [0.4, 0.5) is 0 Å². The summed E-state index contributed by atoms with van der Waals surface area (Å²) >= 11 is 0. The van der Waals surface area contributed by atoms with Gasteiger partial charge in [0.2, 0.25) is 0 Å². The van der Waals surface area contributed by atoms with Crippen LogP contribution < -0.4 is 0 Å². The van der Waals surface area contributed by atoms with Gasteiger partial charge in [0.05, 0.1) is 12.6 Å². The molecule has 94 valence electrons. The molecule has 0 aromatic carbocycles. The fourth-order valence-corrected chi connectivity index (χ4v) is 3.30. The van der Waals surface area contributed by atoms with Crippen LogP contribution in [0.1, 0.15) is 32.6 Å². The van der Waals surface area contributed by atoms with E-state index in [1.54, 1.807) is 0 Å². The third-order valence-electron chi connectivity index (χ3n) is 4.71. The van der Waals surface area contributed by atoms with Gasteiger partial charge in [0.1, 0.15) is 5.76 Å². The van der Waals surface area contributed by atoms with E-state index in [9.17, 15) is 0 Å². The molecule has 2 unspecified atom stereocenters. The van der Waals surface area contributed by atoms with Crippen LogP contribution in [0.5, 0.6) is 0 Å². The highest BCUT2D eigenvalue weighted by atomic mass is 16.7. The smallest absolute Gasteiger partial charge is 0.125 e. The van der Waals surface area contributed by atoms with Crippen molar-refractivity contribution < 1.29 is 4.84 Å². The van der Waals surface area contributed by atoms with Crippen LogP contribution in [0, 0.1) is 11.8 Å². The van der Waals surface area contributed by atoms with Crippen molar-refractivity contribution in [3.63, 3.8) is 0 Å². The molecule has 0 aromatic heterocycles. The average molecular weight is 234 g/mol. The largest absolute Gasteiger partial charge is 0.410 e. The molecule has 0 spiro atoms. The van der Waals surface area contributed by atoms with Crippen LogP contribution in [0.3, 0.4) is 0 Å². The van der Waals surface area contributed by atoms with Crippen LogP contribution >= 0.6 is 0 Å². The van der Waals surface area contributed by atoms with Crippen molar-refractivity contribution >= 4 is 0 Å². The normalized spacial score (nSPS) is 39.5. The zero-order valence-electron chi connectivity index (χ0n) is 10.6. The van der Waals surface area contributed by atoms with Crippen molar-refractivity contribution in [2.75, 3.05) is 19.6 Å². The highest BCUT2D eigenvalue weighted by Crippen LogP contribution is 2.41. The van der Waals surface area contributed by atoms with E-state index < -0.39 is 0 Å². The van der Waals surface area contributed by atoms with Crippen molar-refractivity contribution in [2.24, 2.45) is 11.8 Å². The Morgan fingerprint density at radius 3 is 2.71 bits per heavy atom. The summed E-state index contributed by atoms with van der Waals surface area (Å²) in [7, 11) is 0. The van der Waals surface area contributed by atoms with E-state index in [-0.39, 0.29) is 0 Å². The van der Waals surface area contributed by atoms with Crippen molar-refractivity contribution in [1.82, 2.24) is 9.96 Å². The zero-order valence-corrected chi connectivity index (χ0v) is 10.6. The Balaban J connectivity index is 1.39. The second kappa shape index (κ2) is 3.72. The minimum Gasteiger partial charge on any atom is -0.410 e. The Bertz CT molecular complexity index is 346. The number of allylic oxidation sites excluding steroid dienone is 1. The maximum atomic E-state index is 6.06. The minimum absolute atomic E-state index is 0.614. The van der Waals surface area contributed by atoms with Gasteiger partial charge in [-0.1, -0.05) is 6.92 Å². The van der Waals surface area contributed by atoms with E-state index in [4.69, 9.17) is 4.84 Å². The Morgan fingerprint density at radius 2 is 2.00 bits per heavy atom. The average Bonchev–Trinajstić information content (AvgIpc) is 3.24. The molecule has 2 aliphatic heterocycles. The van der Waals surface area contributed by atoms with Crippen molar-refractivity contribution in [3.8, 4) is 0 Å². The minimum atomic E-state index is 0.614. The van der Waals surface area contributed by atoms with Crippen LogP contribution in [-0.4, -0.2) is 41.7 Å². The van der Waals surface area contributed by atoms with Gasteiger partial charge >= 0.3 is 0 Å². The summed E-state index contributed by atoms with van der Waals surface area (Å²) < 4.78 is 0. The molecule has 4 aliphatic rings. The molecule has 2 heterocycles. The first kappa shape index (κ1) is 10.4.